The molecule has 0 amide bonds. The Morgan fingerprint density at radius 3 is 2.21 bits per heavy atom. The van der Waals surface area contributed by atoms with Gasteiger partial charge in [0.1, 0.15) is 0 Å². The molecule has 0 radical (unpaired) electrons. The zero-order valence-corrected chi connectivity index (χ0v) is 9.95. The molecule has 4 nitrogen and oxygen atoms in total. The second-order valence-corrected chi connectivity index (χ2v) is 5.08. The number of ether oxygens (including phenoxy) is 2. The highest BCUT2D eigenvalue weighted by atomic mass is 33.1. The van der Waals surface area contributed by atoms with Crippen LogP contribution in [0.5, 0.6) is 0 Å². The van der Waals surface area contributed by atoms with Crippen molar-refractivity contribution in [3.8, 4) is 0 Å². The van der Waals surface area contributed by atoms with E-state index in [1.165, 1.54) is 0 Å². The maximum Gasteiger partial charge on any atom is 0.0701 e. The molecule has 0 fully saturated rings. The van der Waals surface area contributed by atoms with Crippen LogP contribution in [0.25, 0.3) is 0 Å². The van der Waals surface area contributed by atoms with E-state index in [0.29, 0.717) is 26.4 Å². The lowest BCUT2D eigenvalue weighted by atomic mass is 10.7. The lowest BCUT2D eigenvalue weighted by Gasteiger charge is -2.04. The van der Waals surface area contributed by atoms with Gasteiger partial charge in [0.15, 0.2) is 0 Å². The molecule has 86 valence electrons. The van der Waals surface area contributed by atoms with E-state index in [1.54, 1.807) is 21.6 Å². The fraction of sp³-hybridized carbons (Fsp3) is 1.00. The van der Waals surface area contributed by atoms with Crippen molar-refractivity contribution < 1.29 is 14.6 Å². The number of hydrogen-bond donors (Lipinski definition) is 2. The van der Waals surface area contributed by atoms with Crippen LogP contribution in [-0.2, 0) is 9.47 Å². The summed E-state index contributed by atoms with van der Waals surface area (Å²) in [6.45, 7) is 3.38. The SMILES string of the molecule is NCCOCCOCCSSCCO. The molecule has 0 saturated heterocycles. The van der Waals surface area contributed by atoms with E-state index in [4.69, 9.17) is 20.3 Å². The fourth-order valence-electron chi connectivity index (χ4n) is 0.653. The molecule has 3 N–H and O–H groups in total. The van der Waals surface area contributed by atoms with E-state index in [0.717, 1.165) is 18.1 Å². The summed E-state index contributed by atoms with van der Waals surface area (Å²) in [7, 11) is 3.38. The molecule has 0 aliphatic heterocycles. The van der Waals surface area contributed by atoms with Crippen LogP contribution < -0.4 is 5.73 Å². The Kier molecular flexibility index (Phi) is 14.1. The normalized spacial score (nSPS) is 10.7. The van der Waals surface area contributed by atoms with E-state index >= 15 is 0 Å². The van der Waals surface area contributed by atoms with Gasteiger partial charge >= 0.3 is 0 Å². The molecule has 6 heteroatoms. The highest BCUT2D eigenvalue weighted by Crippen LogP contribution is 2.19. The Labute approximate surface area is 93.3 Å². The van der Waals surface area contributed by atoms with E-state index in [2.05, 4.69) is 0 Å². The van der Waals surface area contributed by atoms with Gasteiger partial charge in [0.2, 0.25) is 0 Å². The summed E-state index contributed by atoms with van der Waals surface area (Å²) in [4.78, 5) is 0. The number of aliphatic hydroxyl groups excluding tert-OH is 1. The molecule has 0 spiro atoms. The summed E-state index contributed by atoms with van der Waals surface area (Å²) >= 11 is 0. The van der Waals surface area contributed by atoms with Crippen molar-refractivity contribution in [2.75, 3.05) is 51.1 Å². The van der Waals surface area contributed by atoms with Gasteiger partial charge in [-0.3, -0.25) is 0 Å². The van der Waals surface area contributed by atoms with Crippen molar-refractivity contribution in [1.29, 1.82) is 0 Å². The molecule has 0 saturated carbocycles. The second kappa shape index (κ2) is 13.5. The van der Waals surface area contributed by atoms with Crippen molar-refractivity contribution >= 4 is 21.6 Å². The van der Waals surface area contributed by atoms with Gasteiger partial charge in [-0.25, -0.2) is 0 Å². The lowest BCUT2D eigenvalue weighted by molar-refractivity contribution is 0.0571. The van der Waals surface area contributed by atoms with Crippen molar-refractivity contribution in [2.24, 2.45) is 5.73 Å². The molecule has 0 aromatic carbocycles. The lowest BCUT2D eigenvalue weighted by Crippen LogP contribution is -2.12. The first-order valence-corrected chi connectivity index (χ1v) is 7.11. The molecular weight excluding hydrogens is 222 g/mol. The molecule has 0 aromatic rings. The minimum Gasteiger partial charge on any atom is -0.395 e. The van der Waals surface area contributed by atoms with Crippen LogP contribution in [-0.4, -0.2) is 56.2 Å². The van der Waals surface area contributed by atoms with Gasteiger partial charge in [-0.15, -0.1) is 0 Å². The van der Waals surface area contributed by atoms with Gasteiger partial charge in [0.05, 0.1) is 33.0 Å². The Morgan fingerprint density at radius 1 is 0.929 bits per heavy atom. The summed E-state index contributed by atoms with van der Waals surface area (Å²) in [6.07, 6.45) is 0. The van der Waals surface area contributed by atoms with Crippen molar-refractivity contribution in [3.05, 3.63) is 0 Å². The predicted molar refractivity (Wildman–Crippen MR) is 62.7 cm³/mol. The van der Waals surface area contributed by atoms with Gasteiger partial charge < -0.3 is 20.3 Å². The monoisotopic (exact) mass is 241 g/mol. The maximum absolute atomic E-state index is 8.50. The highest BCUT2D eigenvalue weighted by Gasteiger charge is 1.91. The van der Waals surface area contributed by atoms with Gasteiger partial charge in [0.25, 0.3) is 0 Å². The highest BCUT2D eigenvalue weighted by molar-refractivity contribution is 8.76. The molecule has 0 bridgehead atoms. The largest absolute Gasteiger partial charge is 0.395 e. The van der Waals surface area contributed by atoms with Gasteiger partial charge in [-0.05, 0) is 0 Å². The Bertz CT molecular complexity index is 96.6. The Hall–Kier alpha value is 0.540. The first-order valence-electron chi connectivity index (χ1n) is 4.62. The maximum atomic E-state index is 8.50. The van der Waals surface area contributed by atoms with E-state index in [1.807, 2.05) is 0 Å². The fourth-order valence-corrected chi connectivity index (χ4v) is 2.28. The van der Waals surface area contributed by atoms with E-state index < -0.39 is 0 Å². The third-order valence-corrected chi connectivity index (χ3v) is 3.55. The number of rotatable bonds is 11. The third kappa shape index (κ3) is 12.5. The van der Waals surface area contributed by atoms with Crippen LogP contribution in [0.15, 0.2) is 0 Å². The molecule has 0 unspecified atom stereocenters. The van der Waals surface area contributed by atoms with Crippen LogP contribution in [0.4, 0.5) is 0 Å². The summed E-state index contributed by atoms with van der Waals surface area (Å²) in [5, 5.41) is 8.50. The molecule has 0 rings (SSSR count). The van der Waals surface area contributed by atoms with E-state index in [-0.39, 0.29) is 6.61 Å². The number of aliphatic hydroxyl groups is 1. The van der Waals surface area contributed by atoms with Crippen molar-refractivity contribution in [2.45, 2.75) is 0 Å². The molecule has 0 atom stereocenters. The molecule has 0 aliphatic carbocycles. The van der Waals surface area contributed by atoms with Crippen LogP contribution >= 0.6 is 21.6 Å². The molecule has 0 aromatic heterocycles. The summed E-state index contributed by atoms with van der Waals surface area (Å²) < 4.78 is 10.4. The standard InChI is InChI=1S/C8H19NO3S2/c9-1-3-11-4-5-12-6-8-14-13-7-2-10/h10H,1-9H2. The Morgan fingerprint density at radius 2 is 1.57 bits per heavy atom. The van der Waals surface area contributed by atoms with Crippen molar-refractivity contribution in [3.63, 3.8) is 0 Å². The van der Waals surface area contributed by atoms with Crippen LogP contribution in [0.1, 0.15) is 0 Å². The minimum atomic E-state index is 0.242. The minimum absolute atomic E-state index is 0.242. The Balaban J connectivity index is 2.78. The first-order chi connectivity index (χ1) is 6.91. The summed E-state index contributed by atoms with van der Waals surface area (Å²) in [5.41, 5.74) is 5.25. The van der Waals surface area contributed by atoms with Gasteiger partial charge in [0, 0.05) is 18.1 Å². The number of nitrogens with two attached hydrogens (primary N) is 1. The summed E-state index contributed by atoms with van der Waals surface area (Å²) in [6, 6.07) is 0. The first kappa shape index (κ1) is 14.5. The topological polar surface area (TPSA) is 64.7 Å². The van der Waals surface area contributed by atoms with Gasteiger partial charge in [-0.2, -0.15) is 0 Å². The van der Waals surface area contributed by atoms with Gasteiger partial charge in [-0.1, -0.05) is 21.6 Å². The zero-order chi connectivity index (χ0) is 10.5. The molecule has 0 heterocycles. The third-order valence-electron chi connectivity index (χ3n) is 1.20. The van der Waals surface area contributed by atoms with Crippen LogP contribution in [0.2, 0.25) is 0 Å². The molecular formula is C8H19NO3S2. The predicted octanol–water partition coefficient (Wildman–Crippen LogP) is 0.352. The molecule has 14 heavy (non-hydrogen) atoms. The average Bonchev–Trinajstić information content (AvgIpc) is 2.21. The second-order valence-electron chi connectivity index (χ2n) is 2.38. The number of hydrogen-bond acceptors (Lipinski definition) is 6. The molecule has 0 aliphatic rings. The van der Waals surface area contributed by atoms with Crippen molar-refractivity contribution in [1.82, 2.24) is 0 Å². The smallest absolute Gasteiger partial charge is 0.0701 e. The van der Waals surface area contributed by atoms with Crippen LogP contribution in [0.3, 0.4) is 0 Å². The zero-order valence-electron chi connectivity index (χ0n) is 8.31. The average molecular weight is 241 g/mol. The van der Waals surface area contributed by atoms with E-state index in [9.17, 15) is 0 Å². The van der Waals surface area contributed by atoms with Crippen LogP contribution in [0, 0.1) is 0 Å². The quantitative estimate of drug-likeness (QED) is 0.402. The summed E-state index contributed by atoms with van der Waals surface area (Å²) in [5.74, 6) is 1.73.